The Labute approximate surface area is 108 Å². The van der Waals surface area contributed by atoms with Crippen LogP contribution >= 0.6 is 0 Å². The molecule has 0 aliphatic heterocycles. The minimum absolute atomic E-state index is 0.197. The predicted molar refractivity (Wildman–Crippen MR) is 70.1 cm³/mol. The van der Waals surface area contributed by atoms with Crippen LogP contribution in [0, 0.1) is 5.92 Å². The minimum Gasteiger partial charge on any atom is -0.445 e. The van der Waals surface area contributed by atoms with Crippen molar-refractivity contribution in [1.82, 2.24) is 5.32 Å². The number of hydrogen-bond acceptors (Lipinski definition) is 3. The number of rotatable bonds is 7. The highest BCUT2D eigenvalue weighted by molar-refractivity contribution is 5.67. The van der Waals surface area contributed by atoms with Crippen molar-refractivity contribution in [3.63, 3.8) is 0 Å². The molecule has 0 fully saturated rings. The fourth-order valence-electron chi connectivity index (χ4n) is 1.57. The molecule has 0 bridgehead atoms. The molecule has 0 radical (unpaired) electrons. The van der Waals surface area contributed by atoms with Crippen LogP contribution in [0.1, 0.15) is 25.3 Å². The lowest BCUT2D eigenvalue weighted by Crippen LogP contribution is -2.28. The van der Waals surface area contributed by atoms with Crippen LogP contribution in [0.5, 0.6) is 0 Å². The van der Waals surface area contributed by atoms with Gasteiger partial charge in [0.25, 0.3) is 0 Å². The van der Waals surface area contributed by atoms with E-state index in [-0.39, 0.29) is 13.2 Å². The van der Waals surface area contributed by atoms with Gasteiger partial charge in [-0.15, -0.1) is 0 Å². The topological polar surface area (TPSA) is 58.6 Å². The molecule has 0 aliphatic carbocycles. The maximum Gasteiger partial charge on any atom is 0.407 e. The van der Waals surface area contributed by atoms with Gasteiger partial charge in [0.1, 0.15) is 6.61 Å². The second-order valence-corrected chi connectivity index (χ2v) is 4.41. The van der Waals surface area contributed by atoms with E-state index in [1.54, 1.807) is 0 Å². The third-order valence-electron chi connectivity index (χ3n) is 2.66. The number of nitrogens with one attached hydrogen (secondary N) is 1. The second-order valence-electron chi connectivity index (χ2n) is 4.41. The van der Waals surface area contributed by atoms with Crippen LogP contribution in [0.15, 0.2) is 30.3 Å². The number of aliphatic hydroxyl groups excluding tert-OH is 1. The van der Waals surface area contributed by atoms with Crippen molar-refractivity contribution >= 4 is 6.09 Å². The van der Waals surface area contributed by atoms with E-state index in [9.17, 15) is 4.79 Å². The summed E-state index contributed by atoms with van der Waals surface area (Å²) in [5.74, 6) is 0.349. The predicted octanol–water partition coefficient (Wildman–Crippen LogP) is 2.32. The van der Waals surface area contributed by atoms with Gasteiger partial charge in [0.2, 0.25) is 0 Å². The molecule has 18 heavy (non-hydrogen) atoms. The van der Waals surface area contributed by atoms with Gasteiger partial charge in [0.05, 0.1) is 0 Å². The normalized spacial score (nSPS) is 11.9. The average molecular weight is 251 g/mol. The Bertz CT molecular complexity index is 340. The lowest BCUT2D eigenvalue weighted by molar-refractivity contribution is 0.138. The van der Waals surface area contributed by atoms with Crippen molar-refractivity contribution in [3.05, 3.63) is 35.9 Å². The van der Waals surface area contributed by atoms with Crippen LogP contribution in [-0.2, 0) is 11.3 Å². The number of carbonyl (C=O) groups is 1. The summed E-state index contributed by atoms with van der Waals surface area (Å²) >= 11 is 0. The van der Waals surface area contributed by atoms with Gasteiger partial charge in [0, 0.05) is 13.2 Å². The number of aliphatic hydroxyl groups is 1. The highest BCUT2D eigenvalue weighted by atomic mass is 16.5. The summed E-state index contributed by atoms with van der Waals surface area (Å²) in [6, 6.07) is 9.57. The molecule has 0 aliphatic rings. The van der Waals surface area contributed by atoms with Crippen LogP contribution < -0.4 is 5.32 Å². The van der Waals surface area contributed by atoms with E-state index in [1.807, 2.05) is 37.3 Å². The molecular weight excluding hydrogens is 230 g/mol. The molecule has 4 heteroatoms. The zero-order chi connectivity index (χ0) is 13.2. The number of alkyl carbamates (subject to hydrolysis) is 1. The molecule has 4 nitrogen and oxygen atoms in total. The van der Waals surface area contributed by atoms with E-state index in [2.05, 4.69) is 5.32 Å². The molecule has 100 valence electrons. The first-order chi connectivity index (χ1) is 8.72. The fraction of sp³-hybridized carbons (Fsp3) is 0.500. The van der Waals surface area contributed by atoms with Gasteiger partial charge in [0.15, 0.2) is 0 Å². The lowest BCUT2D eigenvalue weighted by atomic mass is 10.1. The highest BCUT2D eigenvalue weighted by Gasteiger charge is 2.06. The van der Waals surface area contributed by atoms with Crippen molar-refractivity contribution in [2.24, 2.45) is 5.92 Å². The standard InChI is InChI=1S/C14H21NO3/c1-12(6-5-9-16)10-15-14(17)18-11-13-7-3-2-4-8-13/h2-4,7-8,12,16H,5-6,9-11H2,1H3,(H,15,17)/t12-/m1/s1. The Balaban J connectivity index is 2.14. The smallest absolute Gasteiger partial charge is 0.407 e. The van der Waals surface area contributed by atoms with Crippen LogP contribution in [0.2, 0.25) is 0 Å². The van der Waals surface area contributed by atoms with Gasteiger partial charge in [-0.05, 0) is 24.3 Å². The zero-order valence-corrected chi connectivity index (χ0v) is 10.8. The third kappa shape index (κ3) is 6.25. The summed E-state index contributed by atoms with van der Waals surface area (Å²) in [6.07, 6.45) is 1.27. The molecule has 0 unspecified atom stereocenters. The van der Waals surface area contributed by atoms with Crippen molar-refractivity contribution in [2.45, 2.75) is 26.4 Å². The molecule has 1 atom stereocenters. The molecule has 1 rings (SSSR count). The quantitative estimate of drug-likeness (QED) is 0.782. The Morgan fingerprint density at radius 3 is 2.78 bits per heavy atom. The highest BCUT2D eigenvalue weighted by Crippen LogP contribution is 2.04. The fourth-order valence-corrected chi connectivity index (χ4v) is 1.57. The molecule has 1 aromatic rings. The van der Waals surface area contributed by atoms with E-state index in [0.29, 0.717) is 12.5 Å². The number of amides is 1. The summed E-state index contributed by atoms with van der Waals surface area (Å²) in [5, 5.41) is 11.4. The lowest BCUT2D eigenvalue weighted by Gasteiger charge is -2.12. The van der Waals surface area contributed by atoms with Crippen LogP contribution in [0.3, 0.4) is 0 Å². The summed E-state index contributed by atoms with van der Waals surface area (Å²) in [5.41, 5.74) is 0.973. The SMILES string of the molecule is C[C@H](CCCO)CNC(=O)OCc1ccccc1. The van der Waals surface area contributed by atoms with Crippen LogP contribution in [0.4, 0.5) is 4.79 Å². The van der Waals surface area contributed by atoms with Gasteiger partial charge >= 0.3 is 6.09 Å². The molecule has 0 spiro atoms. The molecular formula is C14H21NO3. The zero-order valence-electron chi connectivity index (χ0n) is 10.8. The molecule has 0 heterocycles. The first-order valence-electron chi connectivity index (χ1n) is 6.27. The molecule has 0 saturated carbocycles. The average Bonchev–Trinajstić information content (AvgIpc) is 2.41. The van der Waals surface area contributed by atoms with Crippen molar-refractivity contribution < 1.29 is 14.6 Å². The molecule has 1 amide bonds. The Hall–Kier alpha value is -1.55. The van der Waals surface area contributed by atoms with E-state index in [4.69, 9.17) is 9.84 Å². The Kier molecular flexibility index (Phi) is 6.87. The Morgan fingerprint density at radius 2 is 2.11 bits per heavy atom. The van der Waals surface area contributed by atoms with Crippen molar-refractivity contribution in [1.29, 1.82) is 0 Å². The van der Waals surface area contributed by atoms with E-state index >= 15 is 0 Å². The van der Waals surface area contributed by atoms with E-state index in [0.717, 1.165) is 18.4 Å². The first kappa shape index (κ1) is 14.5. The first-order valence-corrected chi connectivity index (χ1v) is 6.27. The van der Waals surface area contributed by atoms with Crippen molar-refractivity contribution in [3.8, 4) is 0 Å². The summed E-state index contributed by atoms with van der Waals surface area (Å²) < 4.78 is 5.08. The number of hydrogen-bond donors (Lipinski definition) is 2. The summed E-state index contributed by atoms with van der Waals surface area (Å²) in [4.78, 5) is 11.4. The molecule has 0 saturated heterocycles. The van der Waals surface area contributed by atoms with Crippen LogP contribution in [0.25, 0.3) is 0 Å². The van der Waals surface area contributed by atoms with Gasteiger partial charge in [-0.25, -0.2) is 4.79 Å². The largest absolute Gasteiger partial charge is 0.445 e. The maximum absolute atomic E-state index is 11.4. The number of benzene rings is 1. The van der Waals surface area contributed by atoms with E-state index in [1.165, 1.54) is 0 Å². The maximum atomic E-state index is 11.4. The molecule has 1 aromatic carbocycles. The summed E-state index contributed by atoms with van der Waals surface area (Å²) in [6.45, 7) is 3.10. The van der Waals surface area contributed by atoms with Gasteiger partial charge in [-0.3, -0.25) is 0 Å². The van der Waals surface area contributed by atoms with Gasteiger partial charge in [-0.2, -0.15) is 0 Å². The van der Waals surface area contributed by atoms with Crippen molar-refractivity contribution in [2.75, 3.05) is 13.2 Å². The minimum atomic E-state index is -0.394. The molecule has 2 N–H and O–H groups in total. The summed E-state index contributed by atoms with van der Waals surface area (Å²) in [7, 11) is 0. The second kappa shape index (κ2) is 8.53. The van der Waals surface area contributed by atoms with E-state index < -0.39 is 6.09 Å². The number of ether oxygens (including phenoxy) is 1. The Morgan fingerprint density at radius 1 is 1.39 bits per heavy atom. The third-order valence-corrected chi connectivity index (χ3v) is 2.66. The molecule has 0 aromatic heterocycles. The van der Waals surface area contributed by atoms with Gasteiger partial charge in [-0.1, -0.05) is 37.3 Å². The van der Waals surface area contributed by atoms with Crippen LogP contribution in [-0.4, -0.2) is 24.4 Å². The number of carbonyl (C=O) groups excluding carboxylic acids is 1. The van der Waals surface area contributed by atoms with Gasteiger partial charge < -0.3 is 15.2 Å². The monoisotopic (exact) mass is 251 g/mol.